The summed E-state index contributed by atoms with van der Waals surface area (Å²) >= 11 is 3.28. The Morgan fingerprint density at radius 1 is 0.943 bits per heavy atom. The molecule has 1 N–H and O–H groups in total. The smallest absolute Gasteiger partial charge is 0.339 e. The number of ether oxygens (including phenoxy) is 2. The van der Waals surface area contributed by atoms with Gasteiger partial charge in [0.1, 0.15) is 5.56 Å². The molecule has 0 bridgehead atoms. The summed E-state index contributed by atoms with van der Waals surface area (Å²) < 4.78 is 11.6. The summed E-state index contributed by atoms with van der Waals surface area (Å²) in [7, 11) is 1.42. The van der Waals surface area contributed by atoms with E-state index in [-0.39, 0.29) is 35.0 Å². The van der Waals surface area contributed by atoms with Crippen molar-refractivity contribution in [1.82, 2.24) is 4.90 Å². The van der Waals surface area contributed by atoms with Crippen molar-refractivity contribution in [1.29, 1.82) is 0 Å². The zero-order valence-corrected chi connectivity index (χ0v) is 22.0. The molecule has 0 unspecified atom stereocenters. The minimum Gasteiger partial charge on any atom is -0.493 e. The number of carbonyl (C=O) groups excluding carboxylic acids is 1. The van der Waals surface area contributed by atoms with E-state index < -0.39 is 5.97 Å². The van der Waals surface area contributed by atoms with Crippen LogP contribution in [0, 0.1) is 0 Å². The first-order chi connectivity index (χ1) is 16.6. The molecule has 7 heteroatoms. The van der Waals surface area contributed by atoms with Crippen LogP contribution in [0.3, 0.4) is 0 Å². The molecule has 184 valence electrons. The Morgan fingerprint density at radius 3 is 2.09 bits per heavy atom. The first-order valence-corrected chi connectivity index (χ1v) is 12.0. The predicted octanol–water partition coefficient (Wildman–Crippen LogP) is 6.06. The average molecular weight is 540 g/mol. The lowest BCUT2D eigenvalue weighted by molar-refractivity contribution is -0.134. The number of carbonyl (C=O) groups is 2. The van der Waals surface area contributed by atoms with Gasteiger partial charge in [0.05, 0.1) is 7.11 Å². The Hall–Kier alpha value is -3.32. The second-order valence-corrected chi connectivity index (χ2v) is 10.2. The molecule has 0 saturated carbocycles. The van der Waals surface area contributed by atoms with Gasteiger partial charge in [-0.15, -0.1) is 0 Å². The van der Waals surface area contributed by atoms with Crippen molar-refractivity contribution in [3.05, 3.63) is 93.5 Å². The van der Waals surface area contributed by atoms with Gasteiger partial charge in [0.25, 0.3) is 5.91 Å². The molecule has 3 rings (SSSR count). The molecule has 0 heterocycles. The van der Waals surface area contributed by atoms with Crippen LogP contribution in [0.25, 0.3) is 0 Å². The SMILES string of the molecule is COc1cc(Br)cc(C(=O)O)c1OCC(=O)N(Cc1ccccc1)Cc1ccc(C(C)(C)C)cc1. The first kappa shape index (κ1) is 26.3. The van der Waals surface area contributed by atoms with E-state index in [9.17, 15) is 14.7 Å². The number of aromatic carboxylic acids is 1. The zero-order chi connectivity index (χ0) is 25.6. The van der Waals surface area contributed by atoms with Crippen LogP contribution in [0.5, 0.6) is 11.5 Å². The van der Waals surface area contributed by atoms with Gasteiger partial charge >= 0.3 is 5.97 Å². The van der Waals surface area contributed by atoms with Crippen molar-refractivity contribution in [2.24, 2.45) is 0 Å². The van der Waals surface area contributed by atoms with Crippen LogP contribution in [-0.4, -0.2) is 35.6 Å². The van der Waals surface area contributed by atoms with Crippen molar-refractivity contribution in [3.63, 3.8) is 0 Å². The van der Waals surface area contributed by atoms with E-state index in [0.29, 0.717) is 17.6 Å². The largest absolute Gasteiger partial charge is 0.493 e. The number of nitrogens with zero attached hydrogens (tertiary/aromatic N) is 1. The molecule has 3 aromatic rings. The third-order valence-electron chi connectivity index (χ3n) is 5.57. The normalized spacial score (nSPS) is 11.1. The number of benzene rings is 3. The third kappa shape index (κ3) is 7.09. The Balaban J connectivity index is 1.83. The molecule has 3 aromatic carbocycles. The molecule has 0 aliphatic rings. The number of hydrogen-bond acceptors (Lipinski definition) is 4. The molecule has 0 aliphatic heterocycles. The molecule has 1 amide bonds. The third-order valence-corrected chi connectivity index (χ3v) is 6.03. The lowest BCUT2D eigenvalue weighted by Gasteiger charge is -2.25. The molecule has 0 fully saturated rings. The van der Waals surface area contributed by atoms with E-state index >= 15 is 0 Å². The Labute approximate surface area is 214 Å². The molecule has 0 saturated heterocycles. The second kappa shape index (κ2) is 11.4. The fourth-order valence-corrected chi connectivity index (χ4v) is 4.06. The van der Waals surface area contributed by atoms with Gasteiger partial charge in [-0.05, 0) is 34.2 Å². The molecule has 0 radical (unpaired) electrons. The van der Waals surface area contributed by atoms with E-state index in [1.54, 1.807) is 11.0 Å². The molecular formula is C28H30BrNO5. The number of carboxylic acids is 1. The Kier molecular flexibility index (Phi) is 8.57. The molecule has 0 atom stereocenters. The van der Waals surface area contributed by atoms with Gasteiger partial charge in [-0.25, -0.2) is 4.79 Å². The van der Waals surface area contributed by atoms with Crippen molar-refractivity contribution < 1.29 is 24.2 Å². The second-order valence-electron chi connectivity index (χ2n) is 9.26. The van der Waals surface area contributed by atoms with E-state index in [4.69, 9.17) is 9.47 Å². The minimum atomic E-state index is -1.17. The van der Waals surface area contributed by atoms with Gasteiger partial charge in [0.2, 0.25) is 0 Å². The summed E-state index contributed by atoms with van der Waals surface area (Å²) in [5.74, 6) is -1.19. The number of amides is 1. The topological polar surface area (TPSA) is 76.1 Å². The standard InChI is InChI=1S/C28H30BrNO5/c1-28(2,3)21-12-10-20(11-13-21)17-30(16-19-8-6-5-7-9-19)25(31)18-35-26-23(27(32)33)14-22(29)15-24(26)34-4/h5-15H,16-18H2,1-4H3,(H,32,33). The van der Waals surface area contributed by atoms with E-state index in [2.05, 4.69) is 48.8 Å². The van der Waals surface area contributed by atoms with Crippen LogP contribution in [0.4, 0.5) is 0 Å². The highest BCUT2D eigenvalue weighted by atomic mass is 79.9. The van der Waals surface area contributed by atoms with Crippen molar-refractivity contribution >= 4 is 27.8 Å². The van der Waals surface area contributed by atoms with Crippen molar-refractivity contribution in [2.75, 3.05) is 13.7 Å². The minimum absolute atomic E-state index is 0.0192. The number of carboxylic acid groups (broad SMARTS) is 1. The van der Waals surface area contributed by atoms with Crippen LogP contribution in [0.1, 0.15) is 47.8 Å². The van der Waals surface area contributed by atoms with Crippen LogP contribution in [-0.2, 0) is 23.3 Å². The van der Waals surface area contributed by atoms with Gasteiger partial charge in [0.15, 0.2) is 18.1 Å². The molecule has 35 heavy (non-hydrogen) atoms. The Bertz CT molecular complexity index is 1170. The lowest BCUT2D eigenvalue weighted by Crippen LogP contribution is -2.34. The predicted molar refractivity (Wildman–Crippen MR) is 139 cm³/mol. The highest BCUT2D eigenvalue weighted by Gasteiger charge is 2.22. The maximum atomic E-state index is 13.3. The fourth-order valence-electron chi connectivity index (χ4n) is 3.62. The quantitative estimate of drug-likeness (QED) is 0.357. The summed E-state index contributed by atoms with van der Waals surface area (Å²) in [6.07, 6.45) is 0. The molecule has 0 aromatic heterocycles. The van der Waals surface area contributed by atoms with Gasteiger partial charge < -0.3 is 19.5 Å². The zero-order valence-electron chi connectivity index (χ0n) is 20.4. The van der Waals surface area contributed by atoms with E-state index in [0.717, 1.165) is 11.1 Å². The molecule has 6 nitrogen and oxygen atoms in total. The maximum Gasteiger partial charge on any atom is 0.339 e. The van der Waals surface area contributed by atoms with Crippen molar-refractivity contribution in [2.45, 2.75) is 39.3 Å². The maximum absolute atomic E-state index is 13.3. The summed E-state index contributed by atoms with van der Waals surface area (Å²) in [4.78, 5) is 26.8. The first-order valence-electron chi connectivity index (χ1n) is 11.2. The lowest BCUT2D eigenvalue weighted by atomic mass is 9.87. The number of hydrogen-bond donors (Lipinski definition) is 1. The van der Waals surface area contributed by atoms with Gasteiger partial charge in [-0.2, -0.15) is 0 Å². The molecule has 0 spiro atoms. The number of methoxy groups -OCH3 is 1. The molecular weight excluding hydrogens is 510 g/mol. The van der Waals surface area contributed by atoms with Crippen LogP contribution >= 0.6 is 15.9 Å². The highest BCUT2D eigenvalue weighted by Crippen LogP contribution is 2.35. The number of halogens is 1. The van der Waals surface area contributed by atoms with Crippen LogP contribution < -0.4 is 9.47 Å². The summed E-state index contributed by atoms with van der Waals surface area (Å²) in [6, 6.07) is 21.0. The summed E-state index contributed by atoms with van der Waals surface area (Å²) in [6.45, 7) is 6.94. The fraction of sp³-hybridized carbons (Fsp3) is 0.286. The van der Waals surface area contributed by atoms with E-state index in [1.807, 2.05) is 42.5 Å². The van der Waals surface area contributed by atoms with Crippen molar-refractivity contribution in [3.8, 4) is 11.5 Å². The van der Waals surface area contributed by atoms with E-state index in [1.165, 1.54) is 18.7 Å². The Morgan fingerprint density at radius 2 is 1.54 bits per heavy atom. The van der Waals surface area contributed by atoms with Gasteiger partial charge in [-0.3, -0.25) is 4.79 Å². The summed E-state index contributed by atoms with van der Waals surface area (Å²) in [5.41, 5.74) is 3.15. The average Bonchev–Trinajstić information content (AvgIpc) is 2.82. The molecule has 0 aliphatic carbocycles. The van der Waals surface area contributed by atoms with Crippen LogP contribution in [0.15, 0.2) is 71.2 Å². The highest BCUT2D eigenvalue weighted by molar-refractivity contribution is 9.10. The van der Waals surface area contributed by atoms with Gasteiger partial charge in [-0.1, -0.05) is 91.3 Å². The van der Waals surface area contributed by atoms with Crippen LogP contribution in [0.2, 0.25) is 0 Å². The summed E-state index contributed by atoms with van der Waals surface area (Å²) in [5, 5.41) is 9.60. The van der Waals surface area contributed by atoms with Gasteiger partial charge in [0, 0.05) is 17.6 Å². The number of rotatable bonds is 9. The monoisotopic (exact) mass is 539 g/mol.